The Bertz CT molecular complexity index is 548. The number of pyridine rings is 1. The van der Waals surface area contributed by atoms with Crippen LogP contribution < -0.4 is 0 Å². The second-order valence-electron chi connectivity index (χ2n) is 4.59. The fourth-order valence-electron chi connectivity index (χ4n) is 1.86. The molecule has 118 valence electrons. The molecule has 0 saturated heterocycles. The van der Waals surface area contributed by atoms with Crippen molar-refractivity contribution >= 4 is 23.7 Å². The van der Waals surface area contributed by atoms with Gasteiger partial charge < -0.3 is 14.2 Å². The van der Waals surface area contributed by atoms with Gasteiger partial charge in [-0.05, 0) is 24.3 Å². The summed E-state index contributed by atoms with van der Waals surface area (Å²) in [5.41, 5.74) is -0.290. The van der Waals surface area contributed by atoms with Gasteiger partial charge in [0.1, 0.15) is 24.3 Å². The summed E-state index contributed by atoms with van der Waals surface area (Å²) in [7, 11) is 0. The zero-order valence-corrected chi connectivity index (χ0v) is 13.1. The minimum atomic E-state index is -0.572. The molecule has 1 aromatic rings. The maximum Gasteiger partial charge on any atom is 0.303 e. The Labute approximate surface area is 132 Å². The van der Waals surface area contributed by atoms with Crippen LogP contribution >= 0.6 is 11.8 Å². The molecule has 2 rings (SSSR count). The van der Waals surface area contributed by atoms with E-state index in [-0.39, 0.29) is 12.0 Å². The highest BCUT2D eigenvalue weighted by atomic mass is 32.2. The van der Waals surface area contributed by atoms with Crippen molar-refractivity contribution in [2.24, 2.45) is 0 Å². The van der Waals surface area contributed by atoms with Crippen LogP contribution in [0.5, 0.6) is 0 Å². The Morgan fingerprint density at radius 1 is 1.27 bits per heavy atom. The van der Waals surface area contributed by atoms with E-state index in [9.17, 15) is 9.59 Å². The summed E-state index contributed by atoms with van der Waals surface area (Å²) in [4.78, 5) is 26.3. The number of hydrogen-bond acceptors (Lipinski definition) is 7. The van der Waals surface area contributed by atoms with Crippen molar-refractivity contribution < 1.29 is 23.8 Å². The largest absolute Gasteiger partial charge is 0.463 e. The van der Waals surface area contributed by atoms with Gasteiger partial charge in [0.25, 0.3) is 0 Å². The Kier molecular flexibility index (Phi) is 5.97. The Morgan fingerprint density at radius 2 is 2.09 bits per heavy atom. The molecule has 0 fully saturated rings. The lowest BCUT2D eigenvalue weighted by molar-refractivity contribution is -0.160. The zero-order chi connectivity index (χ0) is 15.9. The summed E-state index contributed by atoms with van der Waals surface area (Å²) in [6.45, 7) is 2.67. The number of ether oxygens (including phenoxy) is 3. The lowest BCUT2D eigenvalue weighted by atomic mass is 10.1. The third-order valence-electron chi connectivity index (χ3n) is 2.76. The van der Waals surface area contributed by atoms with Gasteiger partial charge in [-0.1, -0.05) is 17.8 Å². The highest BCUT2D eigenvalue weighted by Gasteiger charge is 2.31. The molecule has 0 bridgehead atoms. The monoisotopic (exact) mass is 323 g/mol. The number of aromatic nitrogens is 1. The summed E-state index contributed by atoms with van der Waals surface area (Å²) < 4.78 is 16.0. The van der Waals surface area contributed by atoms with Crippen molar-refractivity contribution in [1.82, 2.24) is 4.98 Å². The lowest BCUT2D eigenvalue weighted by Gasteiger charge is -2.30. The van der Waals surface area contributed by atoms with Crippen LogP contribution in [-0.4, -0.2) is 41.2 Å². The molecule has 22 heavy (non-hydrogen) atoms. The molecule has 0 aromatic carbocycles. The average Bonchev–Trinajstić information content (AvgIpc) is 2.48. The predicted octanol–water partition coefficient (Wildman–Crippen LogP) is 1.95. The van der Waals surface area contributed by atoms with Gasteiger partial charge in [0.15, 0.2) is 0 Å². The number of hydrogen-bond donors (Lipinski definition) is 0. The molecule has 1 aromatic heterocycles. The summed E-state index contributed by atoms with van der Waals surface area (Å²) in [5, 5.41) is 0.814. The topological polar surface area (TPSA) is 74.7 Å². The van der Waals surface area contributed by atoms with Crippen LogP contribution in [0.2, 0.25) is 0 Å². The Hall–Kier alpha value is -1.86. The molecule has 1 aliphatic heterocycles. The molecule has 0 spiro atoms. The van der Waals surface area contributed by atoms with Crippen LogP contribution in [0.1, 0.15) is 13.8 Å². The van der Waals surface area contributed by atoms with Crippen molar-refractivity contribution in [2.45, 2.75) is 36.5 Å². The predicted molar refractivity (Wildman–Crippen MR) is 80.1 cm³/mol. The molecule has 7 heteroatoms. The Balaban J connectivity index is 2.02. The second kappa shape index (κ2) is 7.95. The van der Waals surface area contributed by atoms with Crippen molar-refractivity contribution in [3.63, 3.8) is 0 Å². The quantitative estimate of drug-likeness (QED) is 0.605. The molecular weight excluding hydrogens is 306 g/mol. The summed E-state index contributed by atoms with van der Waals surface area (Å²) in [6, 6.07) is 5.60. The fourth-order valence-corrected chi connectivity index (χ4v) is 2.75. The van der Waals surface area contributed by atoms with Gasteiger partial charge in [0.05, 0.1) is 5.03 Å². The van der Waals surface area contributed by atoms with Crippen LogP contribution in [0.15, 0.2) is 41.6 Å². The molecule has 0 radical (unpaired) electrons. The maximum absolute atomic E-state index is 11.1. The standard InChI is InChI=1S/C15H17NO5S/c1-10(17)19-9-13-12(20-11(2)18)6-7-15(21-13)22-14-5-3-4-8-16-14/h3-8,12-13,15H,9H2,1-2H3/t12-,13+,15+/m0/s1. The van der Waals surface area contributed by atoms with Crippen molar-refractivity contribution in [2.75, 3.05) is 6.61 Å². The normalized spacial score (nSPS) is 23.8. The molecule has 0 aliphatic carbocycles. The second-order valence-corrected chi connectivity index (χ2v) is 5.71. The lowest BCUT2D eigenvalue weighted by Crippen LogP contribution is -2.40. The third kappa shape index (κ3) is 5.16. The first-order valence-corrected chi connectivity index (χ1v) is 7.64. The maximum atomic E-state index is 11.1. The minimum absolute atomic E-state index is 0.0247. The number of nitrogens with zero attached hydrogens (tertiary/aromatic N) is 1. The molecule has 2 heterocycles. The SMILES string of the molecule is CC(=O)OC[C@H]1O[C@H](Sc2ccccn2)C=C[C@@H]1OC(C)=O. The van der Waals surface area contributed by atoms with Gasteiger partial charge in [-0.2, -0.15) is 0 Å². The van der Waals surface area contributed by atoms with E-state index in [1.54, 1.807) is 18.3 Å². The highest BCUT2D eigenvalue weighted by Crippen LogP contribution is 2.28. The van der Waals surface area contributed by atoms with Gasteiger partial charge in [-0.25, -0.2) is 4.98 Å². The minimum Gasteiger partial charge on any atom is -0.463 e. The van der Waals surface area contributed by atoms with Crippen molar-refractivity contribution in [3.05, 3.63) is 36.5 Å². The van der Waals surface area contributed by atoms with Crippen LogP contribution in [0.25, 0.3) is 0 Å². The molecule has 0 saturated carbocycles. The molecule has 0 amide bonds. The zero-order valence-electron chi connectivity index (χ0n) is 12.3. The van der Waals surface area contributed by atoms with Crippen molar-refractivity contribution in [3.8, 4) is 0 Å². The first kappa shape index (κ1) is 16.5. The van der Waals surface area contributed by atoms with Crippen LogP contribution in [0.4, 0.5) is 0 Å². The smallest absolute Gasteiger partial charge is 0.303 e. The van der Waals surface area contributed by atoms with Gasteiger partial charge in [-0.3, -0.25) is 9.59 Å². The number of esters is 2. The average molecular weight is 323 g/mol. The highest BCUT2D eigenvalue weighted by molar-refractivity contribution is 7.99. The van der Waals surface area contributed by atoms with E-state index in [2.05, 4.69) is 4.98 Å². The van der Waals surface area contributed by atoms with E-state index >= 15 is 0 Å². The first-order chi connectivity index (χ1) is 10.5. The summed E-state index contributed by atoms with van der Waals surface area (Å²) in [6.07, 6.45) is 4.14. The number of carbonyl (C=O) groups excluding carboxylic acids is 2. The number of thioether (sulfide) groups is 1. The van der Waals surface area contributed by atoms with Gasteiger partial charge >= 0.3 is 11.9 Å². The molecule has 1 aliphatic rings. The molecule has 0 N–H and O–H groups in total. The number of carbonyl (C=O) groups is 2. The van der Waals surface area contributed by atoms with Crippen molar-refractivity contribution in [1.29, 1.82) is 0 Å². The Morgan fingerprint density at radius 3 is 2.73 bits per heavy atom. The summed E-state index contributed by atoms with van der Waals surface area (Å²) in [5.74, 6) is -0.824. The first-order valence-electron chi connectivity index (χ1n) is 6.76. The van der Waals surface area contributed by atoms with E-state index in [1.165, 1.54) is 25.6 Å². The summed E-state index contributed by atoms with van der Waals surface area (Å²) >= 11 is 1.42. The van der Waals surface area contributed by atoms with Crippen LogP contribution in [-0.2, 0) is 23.8 Å². The third-order valence-corrected chi connectivity index (χ3v) is 3.74. The molecule has 0 unspecified atom stereocenters. The van der Waals surface area contributed by atoms with Gasteiger partial charge in [0, 0.05) is 20.0 Å². The molecule has 3 atom stereocenters. The van der Waals surface area contributed by atoms with Crippen LogP contribution in [0.3, 0.4) is 0 Å². The fraction of sp³-hybridized carbons (Fsp3) is 0.400. The van der Waals surface area contributed by atoms with E-state index in [0.29, 0.717) is 0 Å². The van der Waals surface area contributed by atoms with E-state index in [0.717, 1.165) is 5.03 Å². The van der Waals surface area contributed by atoms with E-state index in [1.807, 2.05) is 18.2 Å². The number of rotatable bonds is 5. The van der Waals surface area contributed by atoms with Gasteiger partial charge in [-0.15, -0.1) is 0 Å². The van der Waals surface area contributed by atoms with E-state index in [4.69, 9.17) is 14.2 Å². The molecule has 6 nitrogen and oxygen atoms in total. The van der Waals surface area contributed by atoms with E-state index < -0.39 is 24.1 Å². The van der Waals surface area contributed by atoms with Crippen LogP contribution in [0, 0.1) is 0 Å². The molecular formula is C15H17NO5S. The van der Waals surface area contributed by atoms with Gasteiger partial charge in [0.2, 0.25) is 0 Å².